The summed E-state index contributed by atoms with van der Waals surface area (Å²) in [4.78, 5) is 152. The fourth-order valence-electron chi connectivity index (χ4n) is 18.1. The van der Waals surface area contributed by atoms with Gasteiger partial charge in [-0.25, -0.2) is 68.2 Å². The number of carbonyl (C=O) groups excluding carboxylic acids is 4. The maximum absolute atomic E-state index is 13.9. The minimum absolute atomic E-state index is 0.0376. The van der Waals surface area contributed by atoms with Crippen molar-refractivity contribution in [2.45, 2.75) is 83.0 Å². The molecule has 2 saturated heterocycles. The minimum Gasteiger partial charge on any atom is -0.496 e. The lowest BCUT2D eigenvalue weighted by atomic mass is 9.92. The number of imidazole rings is 4. The quantitative estimate of drug-likeness (QED) is 0.0331. The molecule has 16 aromatic rings. The van der Waals surface area contributed by atoms with E-state index in [1.54, 1.807) is 143 Å². The third-order valence-electron chi connectivity index (χ3n) is 26.5. The van der Waals surface area contributed by atoms with Crippen LogP contribution in [0.25, 0.3) is 78.8 Å². The molecule has 147 heavy (non-hydrogen) atoms. The first-order valence-electron chi connectivity index (χ1n) is 48.0. The fourth-order valence-corrected chi connectivity index (χ4v) is 18.1. The van der Waals surface area contributed by atoms with Gasteiger partial charge >= 0.3 is 22.8 Å². The third-order valence-corrected chi connectivity index (χ3v) is 26.5. The average molecular weight is 1980 g/mol. The molecule has 0 spiro atoms. The number of carbonyl (C=O) groups is 4. The van der Waals surface area contributed by atoms with E-state index in [1.807, 2.05) is 172 Å². The number of fused-ring (bicyclic) bond motifs is 4. The molecule has 8 N–H and O–H groups in total. The number of amides is 4. The number of methoxy groups -OCH3 is 2. The molecular formula is C108H115N27O12. The number of aryl methyl sites for hydroxylation is 2. The number of hydrogen-bond acceptors (Lipinski definition) is 27. The molecule has 39 heteroatoms. The molecule has 2 atom stereocenters. The van der Waals surface area contributed by atoms with Gasteiger partial charge in [0.2, 0.25) is 23.6 Å². The van der Waals surface area contributed by atoms with Gasteiger partial charge in [0.25, 0.3) is 0 Å². The van der Waals surface area contributed by atoms with Gasteiger partial charge in [0.15, 0.2) is 45.9 Å². The summed E-state index contributed by atoms with van der Waals surface area (Å²) < 4.78 is 34.9. The van der Waals surface area contributed by atoms with E-state index >= 15 is 0 Å². The number of benzene rings is 8. The SMILES string of the molecule is C=CC(=O)N(C)c1ccc(-n2c(=O)n(-c3ccc(C)c(OC)c3)c3c(N)ncnc32)cc1.CN(C/C=C/C(=O)N1CC[C@@H](n2c(=O)n(-c3ccc(Oc4ccccc4)cc3)c3c(N)ncnc32)C1)C1CC1.CN(C/C=C/C(=O)N1CC[C@@H](n2c(=O)n(-c3ccc(Oc4ccccc4)cc3)c3c(N)ncnc32)C1)C1CCC1.COc1cc(-n2c(=O)n(-c3ccc(N(C)C(=O)/C=C/CN(C)C)cc3)c3ncnc(N)c32)ccc1C. The molecule has 0 radical (unpaired) electrons. The van der Waals surface area contributed by atoms with Gasteiger partial charge in [0.1, 0.15) is 81.9 Å². The Morgan fingerprint density at radius 2 is 0.714 bits per heavy atom. The summed E-state index contributed by atoms with van der Waals surface area (Å²) in [5.74, 6) is 4.37. The number of para-hydroxylation sites is 2. The number of rotatable bonds is 28. The van der Waals surface area contributed by atoms with Gasteiger partial charge in [-0.3, -0.25) is 56.4 Å². The number of likely N-dealkylation sites (N-methyl/N-ethyl adjacent to an activating group) is 5. The number of ether oxygens (including phenoxy) is 4. The van der Waals surface area contributed by atoms with Crippen LogP contribution in [0, 0.1) is 13.8 Å². The topological polar surface area (TPSA) is 443 Å². The van der Waals surface area contributed by atoms with Crippen molar-refractivity contribution in [2.24, 2.45) is 0 Å². The molecule has 2 aliphatic heterocycles. The van der Waals surface area contributed by atoms with Crippen molar-refractivity contribution in [3.05, 3.63) is 322 Å². The molecule has 39 nitrogen and oxygen atoms in total. The Balaban J connectivity index is 0.000000134. The Kier molecular flexibility index (Phi) is 30.5. The highest BCUT2D eigenvalue weighted by Crippen LogP contribution is 2.37. The number of nitrogens with two attached hydrogens (primary N) is 4. The average Bonchev–Trinajstić information content (AvgIpc) is 1.60. The summed E-state index contributed by atoms with van der Waals surface area (Å²) in [5.41, 5.74) is 33.8. The molecule has 754 valence electrons. The summed E-state index contributed by atoms with van der Waals surface area (Å²) in [6, 6.07) is 59.3. The van der Waals surface area contributed by atoms with Crippen LogP contribution in [0.1, 0.15) is 68.2 Å². The van der Waals surface area contributed by atoms with Crippen molar-refractivity contribution < 1.29 is 38.1 Å². The molecule has 2 saturated carbocycles. The first kappa shape index (κ1) is 101. The van der Waals surface area contributed by atoms with Gasteiger partial charge in [-0.15, -0.1) is 0 Å². The van der Waals surface area contributed by atoms with E-state index in [9.17, 15) is 38.4 Å². The number of nitrogens with zero attached hydrogens (tertiary/aromatic N) is 23. The van der Waals surface area contributed by atoms with Crippen LogP contribution in [-0.2, 0) is 19.2 Å². The van der Waals surface area contributed by atoms with Gasteiger partial charge in [0.05, 0.1) is 60.4 Å². The van der Waals surface area contributed by atoms with Crippen molar-refractivity contribution in [1.82, 2.24) is 101 Å². The number of anilines is 6. The third kappa shape index (κ3) is 21.7. The Labute approximate surface area is 845 Å². The largest absolute Gasteiger partial charge is 0.496 e. The van der Waals surface area contributed by atoms with Gasteiger partial charge in [-0.2, -0.15) is 0 Å². The molecule has 8 aromatic carbocycles. The summed E-state index contributed by atoms with van der Waals surface area (Å²) in [7, 11) is 14.6. The molecule has 0 bridgehead atoms. The molecule has 4 fully saturated rings. The van der Waals surface area contributed by atoms with Crippen molar-refractivity contribution in [1.29, 1.82) is 0 Å². The van der Waals surface area contributed by atoms with Crippen LogP contribution in [0.3, 0.4) is 0 Å². The Hall–Kier alpha value is -17.7. The molecule has 10 heterocycles. The van der Waals surface area contributed by atoms with Gasteiger partial charge in [-0.1, -0.05) is 79.8 Å². The van der Waals surface area contributed by atoms with Crippen LogP contribution in [0.2, 0.25) is 0 Å². The predicted molar refractivity (Wildman–Crippen MR) is 568 cm³/mol. The highest BCUT2D eigenvalue weighted by atomic mass is 16.5. The first-order valence-corrected chi connectivity index (χ1v) is 48.0. The van der Waals surface area contributed by atoms with E-state index in [0.29, 0.717) is 171 Å². The molecule has 4 amide bonds. The minimum atomic E-state index is -0.360. The summed E-state index contributed by atoms with van der Waals surface area (Å²) in [6.07, 6.45) is 24.6. The molecule has 20 rings (SSSR count). The Bertz CT molecular complexity index is 7920. The Morgan fingerprint density at radius 1 is 0.381 bits per heavy atom. The smallest absolute Gasteiger partial charge is 0.339 e. The summed E-state index contributed by atoms with van der Waals surface area (Å²) in [5, 5.41) is 0. The van der Waals surface area contributed by atoms with E-state index in [4.69, 9.17) is 41.9 Å². The lowest BCUT2D eigenvalue weighted by molar-refractivity contribution is -0.125. The van der Waals surface area contributed by atoms with Crippen LogP contribution in [-0.4, -0.2) is 239 Å². The number of aromatic nitrogens is 16. The highest BCUT2D eigenvalue weighted by Gasteiger charge is 2.36. The van der Waals surface area contributed by atoms with Crippen LogP contribution in [0.4, 0.5) is 34.6 Å². The lowest BCUT2D eigenvalue weighted by Crippen LogP contribution is -2.37. The second-order valence-electron chi connectivity index (χ2n) is 36.4. The maximum Gasteiger partial charge on any atom is 0.339 e. The Morgan fingerprint density at radius 3 is 1.07 bits per heavy atom. The first-order chi connectivity index (χ1) is 71.1. The number of nitrogen functional groups attached to an aromatic ring is 4. The van der Waals surface area contributed by atoms with Crippen molar-refractivity contribution in [3.63, 3.8) is 0 Å². The molecule has 8 aromatic heterocycles. The van der Waals surface area contributed by atoms with Crippen molar-refractivity contribution in [3.8, 4) is 68.6 Å². The molecular weight excluding hydrogens is 1870 g/mol. The zero-order valence-corrected chi connectivity index (χ0v) is 83.2. The monoisotopic (exact) mass is 1980 g/mol. The zero-order valence-electron chi connectivity index (χ0n) is 83.2. The van der Waals surface area contributed by atoms with Crippen molar-refractivity contribution >= 4 is 103 Å². The summed E-state index contributed by atoms with van der Waals surface area (Å²) >= 11 is 0. The molecule has 4 aliphatic rings. The normalized spacial score (nSPS) is 14.6. The standard InChI is InChI=1S/C30H33N7O3.C29H31N7O3.C26H29N7O3.C23H22N6O3/c1-34(21-7-5-8-21)17-6-11-26(38)35-18-16-23(19-35)37-29-27(28(31)32-20-33-29)36(30(37)39)22-12-14-25(15-13-22)40-24-9-3-2-4-10-24;1-33(20-9-10-20)16-5-8-25(37)34-17-15-22(18-34)36-28-26(27(30)31-19-32-28)35(29(36)38)21-11-13-24(14-12-21)39-23-6-3-2-4-7-23;1-17-8-9-20(15-21(17)36-5)32-23-24(27)28-16-29-25(23)33(26(32)35)19-12-10-18(11-13-19)31(4)22(34)7-6-14-30(2)3;1-5-19(30)27(3)15-8-10-16(11-9-15)29-22-20(21(24)25-13-26-22)28(23(29)31)17-7-6-14(2)18(12-17)32-4/h2-4,6,9-15,20-21,23H,5,7-8,16-19H2,1H3,(H2,31,32,33);2-8,11-14,19-20,22H,9-10,15-18H2,1H3,(H2,30,31,32);6-13,15-16H,14H2,1-5H3,(H2,27,28,29);5-13H,1H2,2-4H3,(H2,24,25,26)/b11-6+;8-5+;7-6+;/t23-;22-;;/m11../s1. The number of hydrogen-bond donors (Lipinski definition) is 4. The fraction of sp³-hybridized carbons (Fsp3) is 0.259. The van der Waals surface area contributed by atoms with E-state index in [-0.39, 0.29) is 81.7 Å². The number of likely N-dealkylation sites (tertiary alicyclic amines) is 2. The van der Waals surface area contributed by atoms with Crippen LogP contribution >= 0.6 is 0 Å². The van der Waals surface area contributed by atoms with Gasteiger partial charge in [-0.05, 0) is 231 Å². The van der Waals surface area contributed by atoms with E-state index in [0.717, 1.165) is 35.7 Å². The zero-order chi connectivity index (χ0) is 104. The van der Waals surface area contributed by atoms with Crippen LogP contribution in [0.5, 0.6) is 34.5 Å². The maximum atomic E-state index is 13.9. The second kappa shape index (κ2) is 44.4. The second-order valence-corrected chi connectivity index (χ2v) is 36.4. The van der Waals surface area contributed by atoms with E-state index in [1.165, 1.54) is 95.8 Å². The van der Waals surface area contributed by atoms with E-state index < -0.39 is 0 Å². The van der Waals surface area contributed by atoms with Crippen molar-refractivity contribution in [2.75, 3.05) is 135 Å². The van der Waals surface area contributed by atoms with E-state index in [2.05, 4.69) is 70.3 Å². The predicted octanol–water partition coefficient (Wildman–Crippen LogP) is 12.3. The van der Waals surface area contributed by atoms with Crippen LogP contribution < -0.4 is 74.4 Å². The van der Waals surface area contributed by atoms with Gasteiger partial charge < -0.3 is 66.4 Å². The van der Waals surface area contributed by atoms with Crippen LogP contribution in [0.15, 0.2) is 288 Å². The molecule has 2 aliphatic carbocycles. The lowest BCUT2D eigenvalue weighted by Gasteiger charge is -2.33. The molecule has 0 unspecified atom stereocenters. The summed E-state index contributed by atoms with van der Waals surface area (Å²) in [6.45, 7) is 11.5. The highest BCUT2D eigenvalue weighted by molar-refractivity contribution is 6.02. The van der Waals surface area contributed by atoms with Gasteiger partial charge in [0, 0.05) is 114 Å².